The molecule has 0 aromatic heterocycles. The van der Waals surface area contributed by atoms with Crippen LogP contribution in [0.1, 0.15) is 36.9 Å². The Morgan fingerprint density at radius 1 is 1.31 bits per heavy atom. The number of carbonyl (C=O) groups is 2. The molecule has 0 bridgehead atoms. The van der Waals surface area contributed by atoms with E-state index in [9.17, 15) is 22.8 Å². The highest BCUT2D eigenvalue weighted by Gasteiger charge is 2.42. The molecule has 2 aliphatic rings. The highest BCUT2D eigenvalue weighted by atomic mass is 19.4. The van der Waals surface area contributed by atoms with Gasteiger partial charge in [0.05, 0.1) is 24.3 Å². The van der Waals surface area contributed by atoms with Crippen LogP contribution in [0.4, 0.5) is 18.0 Å². The standard InChI is InChI=1S/C18H19F3N2O3/c1-10-14(16(24)26-2)15(22-17(25)23(10)9-11-7-8-11)12-5-3-4-6-13(12)18(19,20)21/h3-6,11,15H,7-9H2,1-2H3,(H,22,25)/t15-/m1/s1. The van der Waals surface area contributed by atoms with E-state index in [4.69, 9.17) is 4.74 Å². The fourth-order valence-electron chi connectivity index (χ4n) is 3.17. The minimum absolute atomic E-state index is 0.0180. The summed E-state index contributed by atoms with van der Waals surface area (Å²) in [7, 11) is 1.16. The zero-order chi connectivity index (χ0) is 19.1. The highest BCUT2D eigenvalue weighted by molar-refractivity contribution is 5.95. The fourth-order valence-corrected chi connectivity index (χ4v) is 3.17. The van der Waals surface area contributed by atoms with Crippen LogP contribution in [0.3, 0.4) is 0 Å². The minimum atomic E-state index is -4.61. The number of allylic oxidation sites excluding steroid dienone is 1. The number of halogens is 3. The largest absolute Gasteiger partial charge is 0.466 e. The molecule has 1 saturated carbocycles. The maximum Gasteiger partial charge on any atom is 0.416 e. The lowest BCUT2D eigenvalue weighted by atomic mass is 9.91. The van der Waals surface area contributed by atoms with Gasteiger partial charge in [0.2, 0.25) is 0 Å². The first-order valence-corrected chi connectivity index (χ1v) is 8.27. The molecule has 3 rings (SSSR count). The van der Waals surface area contributed by atoms with E-state index in [1.54, 1.807) is 6.92 Å². The first-order valence-electron chi connectivity index (χ1n) is 8.27. The Morgan fingerprint density at radius 3 is 2.54 bits per heavy atom. The number of amides is 2. The molecule has 1 aliphatic heterocycles. The molecule has 1 fully saturated rings. The van der Waals surface area contributed by atoms with E-state index in [1.165, 1.54) is 23.1 Å². The van der Waals surface area contributed by atoms with Crippen molar-refractivity contribution < 1.29 is 27.5 Å². The summed E-state index contributed by atoms with van der Waals surface area (Å²) < 4.78 is 45.0. The Labute approximate surface area is 148 Å². The van der Waals surface area contributed by atoms with Crippen LogP contribution in [0.25, 0.3) is 0 Å². The summed E-state index contributed by atoms with van der Waals surface area (Å²) in [4.78, 5) is 26.3. The summed E-state index contributed by atoms with van der Waals surface area (Å²) in [5.74, 6) is -0.404. The zero-order valence-electron chi connectivity index (χ0n) is 14.4. The van der Waals surface area contributed by atoms with Crippen LogP contribution in [0.5, 0.6) is 0 Å². The molecule has 5 nitrogen and oxygen atoms in total. The predicted octanol–water partition coefficient (Wildman–Crippen LogP) is 3.63. The summed E-state index contributed by atoms with van der Waals surface area (Å²) in [6.07, 6.45) is -2.63. The van der Waals surface area contributed by atoms with E-state index in [0.29, 0.717) is 18.2 Å². The monoisotopic (exact) mass is 368 g/mol. The van der Waals surface area contributed by atoms with Crippen LogP contribution in [-0.2, 0) is 15.7 Å². The van der Waals surface area contributed by atoms with Gasteiger partial charge in [0, 0.05) is 12.2 Å². The van der Waals surface area contributed by atoms with Gasteiger partial charge in [-0.2, -0.15) is 13.2 Å². The van der Waals surface area contributed by atoms with Crippen molar-refractivity contribution in [3.8, 4) is 0 Å². The molecule has 2 amide bonds. The fraction of sp³-hybridized carbons (Fsp3) is 0.444. The average molecular weight is 368 g/mol. The topological polar surface area (TPSA) is 58.6 Å². The number of nitrogens with one attached hydrogen (secondary N) is 1. The summed E-state index contributed by atoms with van der Waals surface area (Å²) in [5.41, 5.74) is -0.728. The van der Waals surface area contributed by atoms with E-state index in [-0.39, 0.29) is 11.1 Å². The van der Waals surface area contributed by atoms with Crippen molar-refractivity contribution in [2.45, 2.75) is 32.0 Å². The molecular formula is C18H19F3N2O3. The van der Waals surface area contributed by atoms with Gasteiger partial charge in [0.25, 0.3) is 0 Å². The van der Waals surface area contributed by atoms with Crippen LogP contribution >= 0.6 is 0 Å². The van der Waals surface area contributed by atoms with Gasteiger partial charge in [-0.25, -0.2) is 9.59 Å². The van der Waals surface area contributed by atoms with E-state index in [1.807, 2.05) is 0 Å². The van der Waals surface area contributed by atoms with Gasteiger partial charge in [-0.3, -0.25) is 4.90 Å². The molecule has 140 valence electrons. The molecule has 26 heavy (non-hydrogen) atoms. The van der Waals surface area contributed by atoms with Crippen molar-refractivity contribution in [3.05, 3.63) is 46.7 Å². The first-order chi connectivity index (χ1) is 12.2. The normalized spacial score (nSPS) is 20.9. The summed E-state index contributed by atoms with van der Waals surface area (Å²) >= 11 is 0. The number of methoxy groups -OCH3 is 1. The van der Waals surface area contributed by atoms with Gasteiger partial charge in [-0.05, 0) is 37.3 Å². The smallest absolute Gasteiger partial charge is 0.416 e. The molecule has 0 spiro atoms. The highest BCUT2D eigenvalue weighted by Crippen LogP contribution is 2.40. The maximum atomic E-state index is 13.4. The second kappa shape index (κ2) is 6.66. The first kappa shape index (κ1) is 18.3. The number of carbonyl (C=O) groups excluding carboxylic acids is 2. The zero-order valence-corrected chi connectivity index (χ0v) is 14.4. The third kappa shape index (κ3) is 3.40. The van der Waals surface area contributed by atoms with E-state index in [0.717, 1.165) is 26.0 Å². The molecule has 1 aromatic rings. The Balaban J connectivity index is 2.10. The van der Waals surface area contributed by atoms with Crippen molar-refractivity contribution in [1.29, 1.82) is 0 Å². The molecule has 0 radical (unpaired) electrons. The van der Waals surface area contributed by atoms with E-state index < -0.39 is 29.8 Å². The number of esters is 1. The summed E-state index contributed by atoms with van der Waals surface area (Å²) in [6, 6.07) is 3.18. The number of nitrogens with zero attached hydrogens (tertiary/aromatic N) is 1. The molecule has 1 atom stereocenters. The van der Waals surface area contributed by atoms with Gasteiger partial charge < -0.3 is 10.1 Å². The number of hydrogen-bond acceptors (Lipinski definition) is 3. The third-order valence-electron chi connectivity index (χ3n) is 4.72. The molecule has 0 saturated heterocycles. The van der Waals surface area contributed by atoms with Gasteiger partial charge >= 0.3 is 18.2 Å². The quantitative estimate of drug-likeness (QED) is 0.826. The Kier molecular flexibility index (Phi) is 4.68. The molecule has 1 aromatic carbocycles. The lowest BCUT2D eigenvalue weighted by Gasteiger charge is -2.36. The van der Waals surface area contributed by atoms with Crippen LogP contribution in [0.2, 0.25) is 0 Å². The van der Waals surface area contributed by atoms with Crippen molar-refractivity contribution in [1.82, 2.24) is 10.2 Å². The number of ether oxygens (including phenoxy) is 1. The lowest BCUT2D eigenvalue weighted by molar-refractivity contribution is -0.140. The van der Waals surface area contributed by atoms with Crippen LogP contribution in [0, 0.1) is 5.92 Å². The lowest BCUT2D eigenvalue weighted by Crippen LogP contribution is -2.49. The number of rotatable bonds is 4. The average Bonchev–Trinajstić information content (AvgIpc) is 3.41. The van der Waals surface area contributed by atoms with Crippen LogP contribution in [0.15, 0.2) is 35.5 Å². The van der Waals surface area contributed by atoms with E-state index >= 15 is 0 Å². The number of benzene rings is 1. The molecule has 1 aliphatic carbocycles. The van der Waals surface area contributed by atoms with Crippen LogP contribution < -0.4 is 5.32 Å². The molecule has 8 heteroatoms. The molecule has 1 N–H and O–H groups in total. The Hall–Kier alpha value is -2.51. The summed E-state index contributed by atoms with van der Waals surface area (Å²) in [6.45, 7) is 2.00. The molecule has 1 heterocycles. The van der Waals surface area contributed by atoms with Crippen molar-refractivity contribution in [2.75, 3.05) is 13.7 Å². The third-order valence-corrected chi connectivity index (χ3v) is 4.72. The predicted molar refractivity (Wildman–Crippen MR) is 86.9 cm³/mol. The number of hydrogen-bond donors (Lipinski definition) is 1. The van der Waals surface area contributed by atoms with E-state index in [2.05, 4.69) is 5.32 Å². The molecule has 0 unspecified atom stereocenters. The second-order valence-electron chi connectivity index (χ2n) is 6.51. The SMILES string of the molecule is COC(=O)C1=C(C)N(CC2CC2)C(=O)N[C@@H]1c1ccccc1C(F)(F)F. The second-order valence-corrected chi connectivity index (χ2v) is 6.51. The maximum absolute atomic E-state index is 13.4. The van der Waals surface area contributed by atoms with Crippen molar-refractivity contribution in [3.63, 3.8) is 0 Å². The minimum Gasteiger partial charge on any atom is -0.466 e. The van der Waals surface area contributed by atoms with Gasteiger partial charge in [0.1, 0.15) is 0 Å². The Bertz CT molecular complexity index is 769. The molecular weight excluding hydrogens is 349 g/mol. The van der Waals surface area contributed by atoms with Crippen LogP contribution in [-0.4, -0.2) is 30.6 Å². The summed E-state index contributed by atoms with van der Waals surface area (Å²) in [5, 5.41) is 2.55. The van der Waals surface area contributed by atoms with Gasteiger partial charge in [0.15, 0.2) is 0 Å². The van der Waals surface area contributed by atoms with Crippen molar-refractivity contribution in [2.24, 2.45) is 5.92 Å². The number of alkyl halides is 3. The van der Waals surface area contributed by atoms with Gasteiger partial charge in [-0.1, -0.05) is 18.2 Å². The Morgan fingerprint density at radius 2 is 1.96 bits per heavy atom. The number of urea groups is 1. The van der Waals surface area contributed by atoms with Gasteiger partial charge in [-0.15, -0.1) is 0 Å². The van der Waals surface area contributed by atoms with Crippen molar-refractivity contribution >= 4 is 12.0 Å².